The quantitative estimate of drug-likeness (QED) is 0.856. The molecular weight excluding hydrogens is 289 g/mol. The van der Waals surface area contributed by atoms with Gasteiger partial charge >= 0.3 is 0 Å². The maximum Gasteiger partial charge on any atom is 0.149 e. The largest absolute Gasteiger partial charge is 0.320 e. The first-order valence-electron chi connectivity index (χ1n) is 5.63. The number of rotatable bonds is 5. The van der Waals surface area contributed by atoms with E-state index in [0.717, 1.165) is 35.0 Å². The molecule has 96 valence electrons. The van der Waals surface area contributed by atoms with E-state index in [2.05, 4.69) is 15.5 Å². The molecule has 3 nitrogen and oxygen atoms in total. The number of nitrogens with zero attached hydrogens (tertiary/aromatic N) is 2. The lowest BCUT2D eigenvalue weighted by molar-refractivity contribution is 0.718. The molecule has 0 saturated heterocycles. The van der Waals surface area contributed by atoms with Gasteiger partial charge in [-0.2, -0.15) is 0 Å². The Kier molecular flexibility index (Phi) is 4.95. The number of halogens is 2. The van der Waals surface area contributed by atoms with Crippen molar-refractivity contribution in [1.29, 1.82) is 0 Å². The topological polar surface area (TPSA) is 37.8 Å². The average molecular weight is 302 g/mol. The van der Waals surface area contributed by atoms with Crippen LogP contribution in [0, 0.1) is 0 Å². The number of benzene rings is 1. The Labute approximate surface area is 120 Å². The van der Waals surface area contributed by atoms with Crippen LogP contribution >= 0.6 is 34.5 Å². The minimum atomic E-state index is 0.650. The predicted octanol–water partition coefficient (Wildman–Crippen LogP) is 3.66. The Morgan fingerprint density at radius 2 is 2.11 bits per heavy atom. The molecule has 2 rings (SSSR count). The summed E-state index contributed by atoms with van der Waals surface area (Å²) in [7, 11) is 1.94. The third kappa shape index (κ3) is 3.42. The molecule has 0 unspecified atom stereocenters. The third-order valence-corrected chi connectivity index (χ3v) is 4.02. The van der Waals surface area contributed by atoms with Crippen molar-refractivity contribution < 1.29 is 0 Å². The zero-order valence-electron chi connectivity index (χ0n) is 9.91. The fourth-order valence-corrected chi connectivity index (χ4v) is 2.89. The van der Waals surface area contributed by atoms with E-state index in [1.54, 1.807) is 23.5 Å². The van der Waals surface area contributed by atoms with Crippen molar-refractivity contribution in [1.82, 2.24) is 15.5 Å². The van der Waals surface area contributed by atoms with Gasteiger partial charge in [-0.3, -0.25) is 0 Å². The lowest BCUT2D eigenvalue weighted by Gasteiger charge is -1.99. The molecule has 1 aromatic carbocycles. The highest BCUT2D eigenvalue weighted by atomic mass is 35.5. The molecule has 6 heteroatoms. The number of aryl methyl sites for hydroxylation is 1. The van der Waals surface area contributed by atoms with Crippen LogP contribution in [-0.4, -0.2) is 23.8 Å². The van der Waals surface area contributed by atoms with Gasteiger partial charge in [-0.15, -0.1) is 10.2 Å². The lowest BCUT2D eigenvalue weighted by atomic mass is 10.2. The van der Waals surface area contributed by atoms with Crippen LogP contribution in [0.2, 0.25) is 10.0 Å². The Morgan fingerprint density at radius 3 is 2.89 bits per heavy atom. The number of hydrogen-bond donors (Lipinski definition) is 1. The molecule has 0 aliphatic carbocycles. The van der Waals surface area contributed by atoms with E-state index < -0.39 is 0 Å². The van der Waals surface area contributed by atoms with Crippen LogP contribution in [0.25, 0.3) is 10.6 Å². The molecule has 0 atom stereocenters. The average Bonchev–Trinajstić information content (AvgIpc) is 2.81. The second-order valence-electron chi connectivity index (χ2n) is 3.83. The van der Waals surface area contributed by atoms with Gasteiger partial charge in [0, 0.05) is 17.0 Å². The van der Waals surface area contributed by atoms with E-state index in [1.807, 2.05) is 13.1 Å². The number of hydrogen-bond acceptors (Lipinski definition) is 4. The van der Waals surface area contributed by atoms with E-state index in [4.69, 9.17) is 23.2 Å². The van der Waals surface area contributed by atoms with E-state index in [1.165, 1.54) is 0 Å². The smallest absolute Gasteiger partial charge is 0.149 e. The van der Waals surface area contributed by atoms with Crippen LogP contribution in [-0.2, 0) is 6.42 Å². The van der Waals surface area contributed by atoms with Crippen LogP contribution in [0.5, 0.6) is 0 Å². The lowest BCUT2D eigenvalue weighted by Crippen LogP contribution is -2.08. The summed E-state index contributed by atoms with van der Waals surface area (Å²) in [5.74, 6) is 0. The highest BCUT2D eigenvalue weighted by molar-refractivity contribution is 7.14. The second-order valence-corrected chi connectivity index (χ2v) is 5.74. The summed E-state index contributed by atoms with van der Waals surface area (Å²) in [6, 6.07) is 5.37. The second kappa shape index (κ2) is 6.48. The summed E-state index contributed by atoms with van der Waals surface area (Å²) in [5.41, 5.74) is 0.849. The van der Waals surface area contributed by atoms with Crippen molar-refractivity contribution in [2.75, 3.05) is 13.6 Å². The predicted molar refractivity (Wildman–Crippen MR) is 77.6 cm³/mol. The number of aromatic nitrogens is 2. The van der Waals surface area contributed by atoms with E-state index >= 15 is 0 Å². The highest BCUT2D eigenvalue weighted by Gasteiger charge is 2.10. The van der Waals surface area contributed by atoms with Gasteiger partial charge < -0.3 is 5.32 Å². The van der Waals surface area contributed by atoms with E-state index in [9.17, 15) is 0 Å². The summed E-state index contributed by atoms with van der Waals surface area (Å²) >= 11 is 13.7. The molecular formula is C12H13Cl2N3S. The summed E-state index contributed by atoms with van der Waals surface area (Å²) in [5, 5.41) is 14.6. The minimum Gasteiger partial charge on any atom is -0.320 e. The van der Waals surface area contributed by atoms with Crippen molar-refractivity contribution in [2.45, 2.75) is 12.8 Å². The fourth-order valence-electron chi connectivity index (χ4n) is 1.54. The molecule has 0 amide bonds. The molecule has 1 aromatic heterocycles. The molecule has 0 saturated carbocycles. The molecule has 0 fully saturated rings. The zero-order chi connectivity index (χ0) is 13.0. The molecule has 0 bridgehead atoms. The van der Waals surface area contributed by atoms with Gasteiger partial charge in [-0.1, -0.05) is 34.5 Å². The van der Waals surface area contributed by atoms with Gasteiger partial charge in [0.2, 0.25) is 0 Å². The summed E-state index contributed by atoms with van der Waals surface area (Å²) in [6.07, 6.45) is 1.98. The van der Waals surface area contributed by atoms with E-state index in [0.29, 0.717) is 10.0 Å². The zero-order valence-corrected chi connectivity index (χ0v) is 12.2. The SMILES string of the molecule is CNCCCc1nnc(-c2cc(Cl)ccc2Cl)s1. The highest BCUT2D eigenvalue weighted by Crippen LogP contribution is 2.32. The van der Waals surface area contributed by atoms with Crippen LogP contribution in [0.15, 0.2) is 18.2 Å². The standard InChI is InChI=1S/C12H13Cl2N3S/c1-15-6-2-3-11-16-17-12(18-11)9-7-8(13)4-5-10(9)14/h4-5,7,15H,2-3,6H2,1H3. The van der Waals surface area contributed by atoms with Gasteiger partial charge in [-0.05, 0) is 38.2 Å². The van der Waals surface area contributed by atoms with Crippen LogP contribution in [0.1, 0.15) is 11.4 Å². The molecule has 0 aliphatic rings. The van der Waals surface area contributed by atoms with E-state index in [-0.39, 0.29) is 0 Å². The summed E-state index contributed by atoms with van der Waals surface area (Å²) in [6.45, 7) is 0.979. The monoisotopic (exact) mass is 301 g/mol. The van der Waals surface area contributed by atoms with Crippen LogP contribution < -0.4 is 5.32 Å². The van der Waals surface area contributed by atoms with Gasteiger partial charge in [0.1, 0.15) is 10.0 Å². The van der Waals surface area contributed by atoms with Gasteiger partial charge in [0.25, 0.3) is 0 Å². The van der Waals surface area contributed by atoms with Crippen molar-refractivity contribution in [3.8, 4) is 10.6 Å². The molecule has 1 N–H and O–H groups in total. The first-order valence-corrected chi connectivity index (χ1v) is 7.20. The Morgan fingerprint density at radius 1 is 1.28 bits per heavy atom. The maximum absolute atomic E-state index is 6.14. The van der Waals surface area contributed by atoms with Crippen LogP contribution in [0.3, 0.4) is 0 Å². The van der Waals surface area contributed by atoms with Crippen LogP contribution in [0.4, 0.5) is 0 Å². The minimum absolute atomic E-state index is 0.650. The number of nitrogens with one attached hydrogen (secondary N) is 1. The molecule has 2 aromatic rings. The van der Waals surface area contributed by atoms with Crippen molar-refractivity contribution in [2.24, 2.45) is 0 Å². The third-order valence-electron chi connectivity index (χ3n) is 2.44. The maximum atomic E-state index is 6.14. The molecule has 1 heterocycles. The fraction of sp³-hybridized carbons (Fsp3) is 0.333. The first kappa shape index (κ1) is 13.7. The first-order chi connectivity index (χ1) is 8.70. The summed E-state index contributed by atoms with van der Waals surface area (Å²) in [4.78, 5) is 0. The van der Waals surface area contributed by atoms with Gasteiger partial charge in [0.05, 0.1) is 5.02 Å². The Balaban J connectivity index is 2.16. The van der Waals surface area contributed by atoms with Crippen molar-refractivity contribution in [3.05, 3.63) is 33.3 Å². The molecule has 0 aliphatic heterocycles. The molecule has 18 heavy (non-hydrogen) atoms. The van der Waals surface area contributed by atoms with Gasteiger partial charge in [0.15, 0.2) is 0 Å². The molecule has 0 spiro atoms. The van der Waals surface area contributed by atoms with Gasteiger partial charge in [-0.25, -0.2) is 0 Å². The van der Waals surface area contributed by atoms with Crippen molar-refractivity contribution in [3.63, 3.8) is 0 Å². The Hall–Kier alpha value is -0.680. The normalized spacial score (nSPS) is 10.8. The summed E-state index contributed by atoms with van der Waals surface area (Å²) < 4.78 is 0. The van der Waals surface area contributed by atoms with Crippen molar-refractivity contribution >= 4 is 34.5 Å². The Bertz CT molecular complexity index is 528. The molecule has 0 radical (unpaired) electrons.